The number of ether oxygens (including phenoxy) is 1. The third-order valence-electron chi connectivity index (χ3n) is 4.21. The van der Waals surface area contributed by atoms with E-state index in [-0.39, 0.29) is 29.6 Å². The number of aliphatic hydroxyl groups is 1. The highest BCUT2D eigenvalue weighted by molar-refractivity contribution is 5.95. The van der Waals surface area contributed by atoms with Crippen molar-refractivity contribution >= 4 is 23.2 Å². The molecule has 8 nitrogen and oxygen atoms in total. The number of aliphatic hydroxyl groups excluding tert-OH is 1. The highest BCUT2D eigenvalue weighted by Crippen LogP contribution is 2.30. The van der Waals surface area contributed by atoms with Crippen LogP contribution in [0, 0.1) is 6.92 Å². The minimum absolute atomic E-state index is 0.0721. The summed E-state index contributed by atoms with van der Waals surface area (Å²) >= 11 is 0. The molecular formula is C20H22F3N5O3. The van der Waals surface area contributed by atoms with E-state index < -0.39 is 24.2 Å². The first-order valence-corrected chi connectivity index (χ1v) is 9.33. The van der Waals surface area contributed by atoms with Crippen LogP contribution in [0.1, 0.15) is 29.8 Å². The predicted octanol–water partition coefficient (Wildman–Crippen LogP) is 3.22. The van der Waals surface area contributed by atoms with E-state index in [2.05, 4.69) is 20.7 Å². The molecule has 0 fully saturated rings. The smallest absolute Gasteiger partial charge is 0.422 e. The molecule has 3 rings (SSSR count). The number of carbonyl (C=O) groups excluding carboxylic acids is 1. The summed E-state index contributed by atoms with van der Waals surface area (Å²) in [6.45, 7) is 3.26. The van der Waals surface area contributed by atoms with Crippen LogP contribution in [0.25, 0.3) is 5.65 Å². The lowest BCUT2D eigenvalue weighted by molar-refractivity contribution is -0.153. The van der Waals surface area contributed by atoms with Gasteiger partial charge in [0.15, 0.2) is 12.3 Å². The van der Waals surface area contributed by atoms with Crippen LogP contribution in [0.4, 0.5) is 24.8 Å². The number of pyridine rings is 1. The van der Waals surface area contributed by atoms with Gasteiger partial charge in [0.1, 0.15) is 5.75 Å². The van der Waals surface area contributed by atoms with Gasteiger partial charge in [-0.3, -0.25) is 4.79 Å². The summed E-state index contributed by atoms with van der Waals surface area (Å²) in [5.41, 5.74) is 0.838. The van der Waals surface area contributed by atoms with Crippen LogP contribution < -0.4 is 15.4 Å². The van der Waals surface area contributed by atoms with Crippen LogP contribution in [-0.2, 0) is 0 Å². The van der Waals surface area contributed by atoms with Crippen LogP contribution in [0.5, 0.6) is 5.75 Å². The molecular weight excluding hydrogens is 415 g/mol. The lowest BCUT2D eigenvalue weighted by atomic mass is 10.1. The number of benzene rings is 1. The Balaban J connectivity index is 1.90. The Bertz CT molecular complexity index is 1100. The molecule has 166 valence electrons. The van der Waals surface area contributed by atoms with Gasteiger partial charge in [-0.25, -0.2) is 4.52 Å². The summed E-state index contributed by atoms with van der Waals surface area (Å²) < 4.78 is 44.6. The fourth-order valence-electron chi connectivity index (χ4n) is 2.62. The van der Waals surface area contributed by atoms with Gasteiger partial charge in [-0.05, 0) is 50.6 Å². The minimum Gasteiger partial charge on any atom is -0.482 e. The van der Waals surface area contributed by atoms with Crippen molar-refractivity contribution in [3.63, 3.8) is 0 Å². The fourth-order valence-corrected chi connectivity index (χ4v) is 2.62. The van der Waals surface area contributed by atoms with E-state index >= 15 is 0 Å². The van der Waals surface area contributed by atoms with Crippen molar-refractivity contribution in [2.75, 3.05) is 18.5 Å². The Labute approximate surface area is 176 Å². The summed E-state index contributed by atoms with van der Waals surface area (Å²) in [4.78, 5) is 16.7. The maximum atomic E-state index is 12.7. The molecule has 0 aliphatic heterocycles. The largest absolute Gasteiger partial charge is 0.482 e. The zero-order valence-corrected chi connectivity index (χ0v) is 17.1. The number of alkyl halides is 3. The summed E-state index contributed by atoms with van der Waals surface area (Å²) in [6.07, 6.45) is -2.81. The van der Waals surface area contributed by atoms with Crippen molar-refractivity contribution in [1.82, 2.24) is 19.9 Å². The van der Waals surface area contributed by atoms with E-state index in [9.17, 15) is 23.1 Å². The number of carbonyl (C=O) groups is 1. The molecule has 0 atom stereocenters. The molecule has 1 amide bonds. The Morgan fingerprint density at radius 1 is 1.23 bits per heavy atom. The number of rotatable bonds is 7. The average molecular weight is 437 g/mol. The molecule has 0 radical (unpaired) electrons. The maximum Gasteiger partial charge on any atom is 0.422 e. The number of nitrogens with one attached hydrogen (secondary N) is 2. The molecule has 0 saturated carbocycles. The van der Waals surface area contributed by atoms with Crippen LogP contribution in [0.2, 0.25) is 0 Å². The molecule has 0 saturated heterocycles. The van der Waals surface area contributed by atoms with Gasteiger partial charge in [-0.15, -0.1) is 5.10 Å². The van der Waals surface area contributed by atoms with Crippen molar-refractivity contribution < 1.29 is 27.8 Å². The lowest BCUT2D eigenvalue weighted by Crippen LogP contribution is -2.46. The van der Waals surface area contributed by atoms with Gasteiger partial charge < -0.3 is 20.5 Å². The molecule has 0 spiro atoms. The number of halogens is 3. The first-order chi connectivity index (χ1) is 14.5. The minimum atomic E-state index is -4.56. The molecule has 31 heavy (non-hydrogen) atoms. The number of aryl methyl sites for hydroxylation is 1. The molecule has 0 bridgehead atoms. The van der Waals surface area contributed by atoms with Crippen LogP contribution in [0.15, 0.2) is 36.5 Å². The van der Waals surface area contributed by atoms with E-state index in [1.165, 1.54) is 22.7 Å². The highest BCUT2D eigenvalue weighted by Gasteiger charge is 2.29. The molecule has 0 aliphatic carbocycles. The number of aromatic nitrogens is 3. The van der Waals surface area contributed by atoms with Crippen molar-refractivity contribution in [1.29, 1.82) is 0 Å². The molecule has 2 heterocycles. The highest BCUT2D eigenvalue weighted by atomic mass is 19.4. The Morgan fingerprint density at radius 3 is 2.65 bits per heavy atom. The molecule has 3 N–H and O–H groups in total. The summed E-state index contributed by atoms with van der Waals surface area (Å²) in [7, 11) is 0. The van der Waals surface area contributed by atoms with Crippen LogP contribution in [-0.4, -0.2) is 50.5 Å². The SMILES string of the molecule is Cc1ccc2nc(Nc3ccc(C(=O)NC(C)(C)CO)cc3OCC(F)(F)F)nn2c1. The van der Waals surface area contributed by atoms with Gasteiger partial charge in [-0.2, -0.15) is 18.2 Å². The van der Waals surface area contributed by atoms with Crippen molar-refractivity contribution in [3.8, 4) is 5.75 Å². The molecule has 3 aromatic rings. The predicted molar refractivity (Wildman–Crippen MR) is 108 cm³/mol. The maximum absolute atomic E-state index is 12.7. The van der Waals surface area contributed by atoms with E-state index in [0.717, 1.165) is 5.56 Å². The summed E-state index contributed by atoms with van der Waals surface area (Å²) in [6, 6.07) is 7.63. The third-order valence-corrected chi connectivity index (χ3v) is 4.21. The normalized spacial score (nSPS) is 12.1. The number of hydrogen-bond acceptors (Lipinski definition) is 6. The molecule has 0 aliphatic rings. The number of anilines is 2. The lowest BCUT2D eigenvalue weighted by Gasteiger charge is -2.23. The van der Waals surface area contributed by atoms with Gasteiger partial charge in [0.25, 0.3) is 5.91 Å². The van der Waals surface area contributed by atoms with E-state index in [1.54, 1.807) is 26.1 Å². The second kappa shape index (κ2) is 8.42. The molecule has 2 aromatic heterocycles. The number of fused-ring (bicyclic) bond motifs is 1. The van der Waals surface area contributed by atoms with Crippen molar-refractivity contribution in [2.45, 2.75) is 32.5 Å². The monoisotopic (exact) mass is 437 g/mol. The Morgan fingerprint density at radius 2 is 1.97 bits per heavy atom. The van der Waals surface area contributed by atoms with Gasteiger partial charge in [-0.1, -0.05) is 6.07 Å². The van der Waals surface area contributed by atoms with Gasteiger partial charge in [0.2, 0.25) is 5.95 Å². The third kappa shape index (κ3) is 5.85. The van der Waals surface area contributed by atoms with Crippen molar-refractivity contribution in [2.24, 2.45) is 0 Å². The standard InChI is InChI=1S/C20H22F3N5O3/c1-12-4-7-16-25-18(27-28(16)9-12)24-14-6-5-13(17(30)26-19(2,3)10-29)8-15(14)31-11-20(21,22)23/h4-9,29H,10-11H2,1-3H3,(H,24,27)(H,26,30). The topological polar surface area (TPSA) is 101 Å². The van der Waals surface area contributed by atoms with Crippen molar-refractivity contribution in [3.05, 3.63) is 47.7 Å². The summed E-state index contributed by atoms with van der Waals surface area (Å²) in [5.74, 6) is -0.605. The van der Waals surface area contributed by atoms with Gasteiger partial charge in [0, 0.05) is 11.8 Å². The molecule has 0 unspecified atom stereocenters. The number of nitrogens with zero attached hydrogens (tertiary/aromatic N) is 3. The number of amides is 1. The quantitative estimate of drug-likeness (QED) is 0.525. The Hall–Kier alpha value is -3.34. The number of hydrogen-bond donors (Lipinski definition) is 3. The Kier molecular flexibility index (Phi) is 6.07. The average Bonchev–Trinajstić information content (AvgIpc) is 3.07. The van der Waals surface area contributed by atoms with Crippen LogP contribution in [0.3, 0.4) is 0 Å². The zero-order valence-electron chi connectivity index (χ0n) is 17.1. The first-order valence-electron chi connectivity index (χ1n) is 9.33. The van der Waals surface area contributed by atoms with Gasteiger partial charge >= 0.3 is 6.18 Å². The molecule has 11 heteroatoms. The summed E-state index contributed by atoms with van der Waals surface area (Å²) in [5, 5.41) is 19.0. The van der Waals surface area contributed by atoms with E-state index in [4.69, 9.17) is 4.74 Å². The second-order valence-corrected chi connectivity index (χ2v) is 7.68. The van der Waals surface area contributed by atoms with E-state index in [0.29, 0.717) is 5.65 Å². The fraction of sp³-hybridized carbons (Fsp3) is 0.350. The first kappa shape index (κ1) is 22.3. The van der Waals surface area contributed by atoms with E-state index in [1.807, 2.05) is 13.0 Å². The second-order valence-electron chi connectivity index (χ2n) is 7.68. The van der Waals surface area contributed by atoms with Crippen LogP contribution >= 0.6 is 0 Å². The van der Waals surface area contributed by atoms with Gasteiger partial charge in [0.05, 0.1) is 17.8 Å². The molecule has 1 aromatic carbocycles. The zero-order chi connectivity index (χ0) is 22.8.